The topological polar surface area (TPSA) is 156 Å². The predicted octanol–water partition coefficient (Wildman–Crippen LogP) is 4.15. The summed E-state index contributed by atoms with van der Waals surface area (Å²) in [6.45, 7) is 0. The van der Waals surface area contributed by atoms with Crippen molar-refractivity contribution in [3.05, 3.63) is 70.9 Å². The van der Waals surface area contributed by atoms with E-state index in [2.05, 4.69) is 14.7 Å². The Hall–Kier alpha value is -4.38. The molecule has 1 fully saturated rings. The number of primary amides is 1. The largest absolute Gasteiger partial charge is 0.497 e. The van der Waals surface area contributed by atoms with Gasteiger partial charge in [-0.05, 0) is 42.6 Å². The Labute approximate surface area is 229 Å². The number of hydrogen-bond donors (Lipinski definition) is 4. The maximum atomic E-state index is 14.3. The highest BCUT2D eigenvalue weighted by Crippen LogP contribution is 2.37. The summed E-state index contributed by atoms with van der Waals surface area (Å²) in [5.74, 6) is -1.23. The molecule has 39 heavy (non-hydrogen) atoms. The fraction of sp³-hybridized carbons (Fsp3) is 0.286. The maximum Gasteiger partial charge on any atom is 0.273 e. The van der Waals surface area contributed by atoms with Gasteiger partial charge in [0.15, 0.2) is 5.69 Å². The third-order valence-corrected chi connectivity index (χ3v) is 7.93. The number of aromatic nitrogens is 2. The van der Waals surface area contributed by atoms with Gasteiger partial charge in [0.05, 0.1) is 12.8 Å². The van der Waals surface area contributed by atoms with E-state index in [0.29, 0.717) is 17.0 Å². The number of nitrogens with two attached hydrogens (primary N) is 2. The second-order valence-corrected chi connectivity index (χ2v) is 10.3. The number of nitrogen functional groups attached to an aromatic ring is 1. The molecule has 1 saturated carbocycles. The normalized spacial score (nSPS) is 14.6. The van der Waals surface area contributed by atoms with E-state index in [1.807, 2.05) is 24.3 Å². The molecule has 4 aromatic rings. The van der Waals surface area contributed by atoms with Crippen LogP contribution in [0.2, 0.25) is 0 Å². The van der Waals surface area contributed by atoms with Gasteiger partial charge in [0, 0.05) is 40.5 Å². The molecule has 1 unspecified atom stereocenters. The van der Waals surface area contributed by atoms with E-state index in [0.717, 1.165) is 54.5 Å². The SMILES string of the molecule is COc1cccc(N(C(=O)c2snc(C(N)=O)c2N)C(C(=O)NC2CCCCC2)c2c[nH]c3ccccc23)c1. The van der Waals surface area contributed by atoms with E-state index in [4.69, 9.17) is 16.2 Å². The molecule has 1 atom stereocenters. The Morgan fingerprint density at radius 3 is 2.62 bits per heavy atom. The van der Waals surface area contributed by atoms with Crippen LogP contribution < -0.4 is 26.4 Å². The number of carbonyl (C=O) groups is 3. The summed E-state index contributed by atoms with van der Waals surface area (Å²) in [5, 5.41) is 4.00. The number of nitrogens with zero attached hydrogens (tertiary/aromatic N) is 2. The average molecular weight is 547 g/mol. The molecule has 0 bridgehead atoms. The molecule has 0 spiro atoms. The molecule has 0 aliphatic heterocycles. The Morgan fingerprint density at radius 2 is 1.90 bits per heavy atom. The number of nitrogens with one attached hydrogen (secondary N) is 2. The number of carbonyl (C=O) groups excluding carboxylic acids is 3. The number of rotatable bonds is 8. The zero-order valence-corrected chi connectivity index (χ0v) is 22.3. The van der Waals surface area contributed by atoms with E-state index in [-0.39, 0.29) is 28.2 Å². The predicted molar refractivity (Wildman–Crippen MR) is 151 cm³/mol. The number of anilines is 2. The van der Waals surface area contributed by atoms with Gasteiger partial charge in [-0.3, -0.25) is 19.3 Å². The number of aromatic amines is 1. The van der Waals surface area contributed by atoms with Crippen molar-refractivity contribution in [3.63, 3.8) is 0 Å². The van der Waals surface area contributed by atoms with Crippen molar-refractivity contribution < 1.29 is 19.1 Å². The molecule has 11 heteroatoms. The minimum Gasteiger partial charge on any atom is -0.497 e. The van der Waals surface area contributed by atoms with Crippen LogP contribution in [0.15, 0.2) is 54.7 Å². The van der Waals surface area contributed by atoms with Crippen molar-refractivity contribution in [3.8, 4) is 5.75 Å². The lowest BCUT2D eigenvalue weighted by Gasteiger charge is -2.33. The molecule has 202 valence electrons. The standard InChI is InChI=1S/C28H30N6O4S/c1-38-18-11-7-10-17(14-18)34(28(37)25-22(29)23(26(30)35)33-39-25)24(27(36)32-16-8-3-2-4-9-16)20-15-31-21-13-6-5-12-19(20)21/h5-7,10-16,24,31H,2-4,8-9,29H2,1H3,(H2,30,35)(H,32,36). The Balaban J connectivity index is 1.68. The van der Waals surface area contributed by atoms with Gasteiger partial charge in [0.2, 0.25) is 5.91 Å². The first kappa shape index (κ1) is 26.2. The van der Waals surface area contributed by atoms with E-state index in [1.54, 1.807) is 30.5 Å². The molecular weight excluding hydrogens is 516 g/mol. The van der Waals surface area contributed by atoms with E-state index >= 15 is 0 Å². The third-order valence-electron chi connectivity index (χ3n) is 7.08. The molecule has 0 saturated heterocycles. The summed E-state index contributed by atoms with van der Waals surface area (Å²) < 4.78 is 9.45. The third kappa shape index (κ3) is 5.17. The van der Waals surface area contributed by atoms with Gasteiger partial charge >= 0.3 is 0 Å². The van der Waals surface area contributed by atoms with Crippen LogP contribution in [0.4, 0.5) is 11.4 Å². The number of methoxy groups -OCH3 is 1. The van der Waals surface area contributed by atoms with Crippen LogP contribution in [0.3, 0.4) is 0 Å². The Morgan fingerprint density at radius 1 is 1.13 bits per heavy atom. The van der Waals surface area contributed by atoms with Gasteiger partial charge in [-0.1, -0.05) is 43.5 Å². The summed E-state index contributed by atoms with van der Waals surface area (Å²) in [6, 6.07) is 13.4. The summed E-state index contributed by atoms with van der Waals surface area (Å²) in [6.07, 6.45) is 6.72. The molecule has 2 aromatic heterocycles. The van der Waals surface area contributed by atoms with Crippen LogP contribution in [-0.2, 0) is 4.79 Å². The molecule has 3 amide bonds. The second-order valence-electron chi connectivity index (χ2n) is 9.55. The summed E-state index contributed by atoms with van der Waals surface area (Å²) in [7, 11) is 1.53. The molecule has 2 aromatic carbocycles. The van der Waals surface area contributed by atoms with Crippen LogP contribution in [-0.4, -0.2) is 40.2 Å². The zero-order valence-electron chi connectivity index (χ0n) is 21.5. The van der Waals surface area contributed by atoms with E-state index in [1.165, 1.54) is 12.0 Å². The van der Waals surface area contributed by atoms with Crippen molar-refractivity contribution in [2.75, 3.05) is 17.7 Å². The van der Waals surface area contributed by atoms with Gasteiger partial charge < -0.3 is 26.5 Å². The first-order valence-corrected chi connectivity index (χ1v) is 13.5. The molecule has 1 aliphatic rings. The van der Waals surface area contributed by atoms with E-state index in [9.17, 15) is 14.4 Å². The summed E-state index contributed by atoms with van der Waals surface area (Å²) >= 11 is 0.773. The molecule has 10 nitrogen and oxygen atoms in total. The molecule has 1 aliphatic carbocycles. The lowest BCUT2D eigenvalue weighted by Crippen LogP contribution is -2.47. The van der Waals surface area contributed by atoms with Crippen LogP contribution in [0.5, 0.6) is 5.75 Å². The number of benzene rings is 2. The number of H-pyrrole nitrogens is 1. The lowest BCUT2D eigenvalue weighted by molar-refractivity contribution is -0.123. The van der Waals surface area contributed by atoms with Gasteiger partial charge in [0.25, 0.3) is 11.8 Å². The number of fused-ring (bicyclic) bond motifs is 1. The quantitative estimate of drug-likeness (QED) is 0.260. The Kier molecular flexibility index (Phi) is 7.51. The average Bonchev–Trinajstić information content (AvgIpc) is 3.55. The minimum atomic E-state index is -1.07. The molecular formula is C28H30N6O4S. The summed E-state index contributed by atoms with van der Waals surface area (Å²) in [5.41, 5.74) is 13.2. The first-order chi connectivity index (χ1) is 18.9. The zero-order chi connectivity index (χ0) is 27.5. The molecule has 2 heterocycles. The van der Waals surface area contributed by atoms with Crippen molar-refractivity contribution in [2.45, 2.75) is 44.2 Å². The van der Waals surface area contributed by atoms with Crippen molar-refractivity contribution >= 4 is 51.5 Å². The number of para-hydroxylation sites is 1. The highest BCUT2D eigenvalue weighted by molar-refractivity contribution is 7.09. The lowest BCUT2D eigenvalue weighted by atomic mass is 9.94. The van der Waals surface area contributed by atoms with Gasteiger partial charge in [-0.15, -0.1) is 0 Å². The molecule has 0 radical (unpaired) electrons. The van der Waals surface area contributed by atoms with Crippen LogP contribution in [0, 0.1) is 0 Å². The number of ether oxygens (including phenoxy) is 1. The monoisotopic (exact) mass is 546 g/mol. The summed E-state index contributed by atoms with van der Waals surface area (Å²) in [4.78, 5) is 45.0. The highest BCUT2D eigenvalue weighted by Gasteiger charge is 2.38. The van der Waals surface area contributed by atoms with Crippen molar-refractivity contribution in [2.24, 2.45) is 5.73 Å². The van der Waals surface area contributed by atoms with Gasteiger partial charge in [-0.25, -0.2) is 0 Å². The van der Waals surface area contributed by atoms with Crippen LogP contribution in [0.1, 0.15) is 63.9 Å². The smallest absolute Gasteiger partial charge is 0.273 e. The van der Waals surface area contributed by atoms with Crippen LogP contribution in [0.25, 0.3) is 10.9 Å². The maximum absolute atomic E-state index is 14.3. The fourth-order valence-corrected chi connectivity index (χ4v) is 5.87. The van der Waals surface area contributed by atoms with E-state index < -0.39 is 17.9 Å². The first-order valence-electron chi connectivity index (χ1n) is 12.8. The number of amides is 3. The fourth-order valence-electron chi connectivity index (χ4n) is 5.13. The Bertz CT molecular complexity index is 1520. The molecule has 6 N–H and O–H groups in total. The van der Waals surface area contributed by atoms with Crippen molar-refractivity contribution in [1.29, 1.82) is 0 Å². The van der Waals surface area contributed by atoms with Crippen molar-refractivity contribution in [1.82, 2.24) is 14.7 Å². The minimum absolute atomic E-state index is 0.0103. The number of hydrogen-bond acceptors (Lipinski definition) is 7. The highest BCUT2D eigenvalue weighted by atomic mass is 32.1. The van der Waals surface area contributed by atoms with Crippen LogP contribution >= 0.6 is 11.5 Å². The van der Waals surface area contributed by atoms with Gasteiger partial charge in [-0.2, -0.15) is 4.37 Å². The van der Waals surface area contributed by atoms with Gasteiger partial charge in [0.1, 0.15) is 16.7 Å². The molecule has 5 rings (SSSR count). The second kappa shape index (κ2) is 11.2.